The van der Waals surface area contributed by atoms with Gasteiger partial charge in [0.15, 0.2) is 0 Å². The Morgan fingerprint density at radius 3 is 2.59 bits per heavy atom. The number of Topliss-reactive ketones (excluding diaryl/α,β-unsaturated/α-hetero) is 1. The normalized spacial score (nSPS) is 22.7. The molecule has 0 radical (unpaired) electrons. The number of halogens is 1. The maximum atomic E-state index is 12.9. The summed E-state index contributed by atoms with van der Waals surface area (Å²) in [5.74, 6) is -0.873. The van der Waals surface area contributed by atoms with Crippen LogP contribution in [0.1, 0.15) is 48.6 Å². The topological polar surface area (TPSA) is 70.8 Å². The molecule has 1 atom stereocenters. The molecule has 1 unspecified atom stereocenters. The number of hydrogen-bond acceptors (Lipinski definition) is 4. The number of carbonyl (C=O) groups excluding carboxylic acids is 2. The number of ketones is 1. The fourth-order valence-corrected chi connectivity index (χ4v) is 4.33. The van der Waals surface area contributed by atoms with Crippen molar-refractivity contribution < 1.29 is 19.1 Å². The van der Waals surface area contributed by atoms with Crippen LogP contribution in [0.25, 0.3) is 5.76 Å². The number of carbonyl (C=O) groups is 2. The zero-order chi connectivity index (χ0) is 19.1. The van der Waals surface area contributed by atoms with Gasteiger partial charge in [0.25, 0.3) is 11.7 Å². The lowest BCUT2D eigenvalue weighted by Gasteiger charge is -2.29. The smallest absolute Gasteiger partial charge is 0.296 e. The molecule has 2 heterocycles. The zero-order valence-electron chi connectivity index (χ0n) is 14.9. The molecular weight excluding hydrogens is 410 g/mol. The second-order valence-corrected chi connectivity index (χ2v) is 7.98. The van der Waals surface area contributed by atoms with Gasteiger partial charge < -0.3 is 14.4 Å². The number of rotatable bonds is 3. The molecule has 1 amide bonds. The van der Waals surface area contributed by atoms with Gasteiger partial charge in [0.05, 0.1) is 11.8 Å². The lowest BCUT2D eigenvalue weighted by molar-refractivity contribution is -0.141. The molecule has 0 bridgehead atoms. The summed E-state index contributed by atoms with van der Waals surface area (Å²) in [6.07, 6.45) is 5.31. The van der Waals surface area contributed by atoms with E-state index in [2.05, 4.69) is 15.9 Å². The molecule has 2 aromatic rings. The van der Waals surface area contributed by atoms with Crippen LogP contribution in [0.4, 0.5) is 0 Å². The summed E-state index contributed by atoms with van der Waals surface area (Å²) in [4.78, 5) is 27.3. The van der Waals surface area contributed by atoms with Crippen LogP contribution >= 0.6 is 15.9 Å². The van der Waals surface area contributed by atoms with Crippen molar-refractivity contribution in [2.24, 2.45) is 0 Å². The molecule has 6 heteroatoms. The first-order valence-electron chi connectivity index (χ1n) is 9.09. The molecule has 140 valence electrons. The van der Waals surface area contributed by atoms with Gasteiger partial charge in [-0.1, -0.05) is 34.8 Å². The molecule has 1 saturated carbocycles. The first kappa shape index (κ1) is 18.0. The van der Waals surface area contributed by atoms with Gasteiger partial charge in [-0.2, -0.15) is 0 Å². The number of amides is 1. The summed E-state index contributed by atoms with van der Waals surface area (Å²) < 4.78 is 6.47. The third kappa shape index (κ3) is 3.02. The van der Waals surface area contributed by atoms with Crippen molar-refractivity contribution in [1.82, 2.24) is 4.90 Å². The summed E-state index contributed by atoms with van der Waals surface area (Å²) in [5.41, 5.74) is 1.54. The molecule has 4 rings (SSSR count). The maximum Gasteiger partial charge on any atom is 0.296 e. The molecule has 1 saturated heterocycles. The standard InChI is InChI=1S/C21H20BrNO4/c1-12-11-13(8-9-15(12)22)19(24)17-18(16-7-4-10-27-16)23(21(26)20(17)25)14-5-2-3-6-14/h4,7-11,14,18,24H,2-3,5-6H2,1H3/b19-17-. The van der Waals surface area contributed by atoms with E-state index in [4.69, 9.17) is 4.42 Å². The fourth-order valence-electron chi connectivity index (χ4n) is 4.08. The van der Waals surface area contributed by atoms with Crippen LogP contribution in [0.5, 0.6) is 0 Å². The molecule has 2 aliphatic rings. The third-order valence-corrected chi connectivity index (χ3v) is 6.33. The lowest BCUT2D eigenvalue weighted by atomic mass is 9.98. The van der Waals surface area contributed by atoms with Crippen molar-refractivity contribution >= 4 is 33.4 Å². The Bertz CT molecular complexity index is 926. The van der Waals surface area contributed by atoms with Gasteiger partial charge in [0.1, 0.15) is 17.6 Å². The van der Waals surface area contributed by atoms with Gasteiger partial charge in [0, 0.05) is 16.1 Å². The van der Waals surface area contributed by atoms with Gasteiger partial charge in [-0.25, -0.2) is 0 Å². The first-order chi connectivity index (χ1) is 13.0. The minimum Gasteiger partial charge on any atom is -0.507 e. The van der Waals surface area contributed by atoms with E-state index in [9.17, 15) is 14.7 Å². The van der Waals surface area contributed by atoms with Gasteiger partial charge in [-0.15, -0.1) is 0 Å². The van der Waals surface area contributed by atoms with Crippen LogP contribution in [0, 0.1) is 6.92 Å². The molecule has 1 aromatic heterocycles. The van der Waals surface area contributed by atoms with E-state index in [1.54, 1.807) is 29.2 Å². The summed E-state index contributed by atoms with van der Waals surface area (Å²) in [7, 11) is 0. The predicted molar refractivity (Wildman–Crippen MR) is 104 cm³/mol. The molecule has 2 fully saturated rings. The van der Waals surface area contributed by atoms with Crippen LogP contribution in [0.2, 0.25) is 0 Å². The molecule has 1 N–H and O–H groups in total. The Balaban J connectivity index is 1.87. The average Bonchev–Trinajstić information content (AvgIpc) is 3.39. The SMILES string of the molecule is Cc1cc(/C(O)=C2/C(=O)C(=O)N(C3CCCC3)C2c2ccco2)ccc1Br. The minimum absolute atomic E-state index is 0.00601. The molecule has 1 aromatic carbocycles. The van der Waals surface area contributed by atoms with E-state index < -0.39 is 17.7 Å². The van der Waals surface area contributed by atoms with Crippen molar-refractivity contribution in [3.63, 3.8) is 0 Å². The Kier molecular flexibility index (Phi) is 4.68. The highest BCUT2D eigenvalue weighted by molar-refractivity contribution is 9.10. The zero-order valence-corrected chi connectivity index (χ0v) is 16.5. The predicted octanol–water partition coefficient (Wildman–Crippen LogP) is 4.71. The van der Waals surface area contributed by atoms with Gasteiger partial charge >= 0.3 is 0 Å². The van der Waals surface area contributed by atoms with E-state index >= 15 is 0 Å². The lowest BCUT2D eigenvalue weighted by Crippen LogP contribution is -2.37. The Hall–Kier alpha value is -2.34. The minimum atomic E-state index is -0.688. The van der Waals surface area contributed by atoms with Crippen LogP contribution < -0.4 is 0 Å². The highest BCUT2D eigenvalue weighted by atomic mass is 79.9. The van der Waals surface area contributed by atoms with Crippen molar-refractivity contribution in [3.05, 3.63) is 63.5 Å². The number of likely N-dealkylation sites (tertiary alicyclic amines) is 1. The number of benzene rings is 1. The number of aliphatic hydroxyl groups is 1. The molecular formula is C21H20BrNO4. The van der Waals surface area contributed by atoms with Crippen LogP contribution in [-0.2, 0) is 9.59 Å². The number of aliphatic hydroxyl groups excluding tert-OH is 1. The molecule has 0 spiro atoms. The van der Waals surface area contributed by atoms with Crippen molar-refractivity contribution in [3.8, 4) is 0 Å². The second kappa shape index (κ2) is 7.00. The van der Waals surface area contributed by atoms with E-state index in [-0.39, 0.29) is 17.4 Å². The number of nitrogens with zero attached hydrogens (tertiary/aromatic N) is 1. The summed E-state index contributed by atoms with van der Waals surface area (Å²) in [6, 6.07) is 8.13. The summed E-state index contributed by atoms with van der Waals surface area (Å²) in [6.45, 7) is 1.90. The Morgan fingerprint density at radius 1 is 1.22 bits per heavy atom. The van der Waals surface area contributed by atoms with Crippen LogP contribution in [0.15, 0.2) is 51.1 Å². The first-order valence-corrected chi connectivity index (χ1v) is 9.88. The van der Waals surface area contributed by atoms with Crippen LogP contribution in [0.3, 0.4) is 0 Å². The summed E-state index contributed by atoms with van der Waals surface area (Å²) >= 11 is 3.44. The summed E-state index contributed by atoms with van der Waals surface area (Å²) in [5, 5.41) is 11.0. The Morgan fingerprint density at radius 2 is 1.96 bits per heavy atom. The monoisotopic (exact) mass is 429 g/mol. The van der Waals surface area contributed by atoms with Gasteiger partial charge in [0.2, 0.25) is 0 Å². The van der Waals surface area contributed by atoms with E-state index in [1.807, 2.05) is 13.0 Å². The molecule has 1 aliphatic carbocycles. The Labute approximate surface area is 165 Å². The van der Waals surface area contributed by atoms with E-state index in [1.165, 1.54) is 6.26 Å². The molecule has 1 aliphatic heterocycles. The third-order valence-electron chi connectivity index (χ3n) is 5.44. The second-order valence-electron chi connectivity index (χ2n) is 7.12. The fraction of sp³-hybridized carbons (Fsp3) is 0.333. The maximum absolute atomic E-state index is 12.9. The average molecular weight is 430 g/mol. The van der Waals surface area contributed by atoms with Crippen molar-refractivity contribution in [2.75, 3.05) is 0 Å². The highest BCUT2D eigenvalue weighted by Crippen LogP contribution is 2.43. The van der Waals surface area contributed by atoms with Crippen molar-refractivity contribution in [1.29, 1.82) is 0 Å². The largest absolute Gasteiger partial charge is 0.507 e. The van der Waals surface area contributed by atoms with Crippen molar-refractivity contribution in [2.45, 2.75) is 44.7 Å². The quantitative estimate of drug-likeness (QED) is 0.435. The van der Waals surface area contributed by atoms with E-state index in [0.717, 1.165) is 35.7 Å². The number of aryl methyl sites for hydroxylation is 1. The molecule has 5 nitrogen and oxygen atoms in total. The number of hydrogen-bond donors (Lipinski definition) is 1. The number of furan rings is 1. The van der Waals surface area contributed by atoms with E-state index in [0.29, 0.717) is 11.3 Å². The highest BCUT2D eigenvalue weighted by Gasteiger charge is 2.50. The molecule has 27 heavy (non-hydrogen) atoms. The van der Waals surface area contributed by atoms with Gasteiger partial charge in [-0.05, 0) is 49.6 Å². The van der Waals surface area contributed by atoms with Crippen LogP contribution in [-0.4, -0.2) is 27.7 Å². The van der Waals surface area contributed by atoms with Gasteiger partial charge in [-0.3, -0.25) is 9.59 Å².